The lowest BCUT2D eigenvalue weighted by Gasteiger charge is -2.23. The van der Waals surface area contributed by atoms with Gasteiger partial charge in [0, 0.05) is 26.0 Å². The van der Waals surface area contributed by atoms with Crippen LogP contribution in [0.25, 0.3) is 0 Å². The van der Waals surface area contributed by atoms with E-state index in [-0.39, 0.29) is 4.90 Å². The fourth-order valence-corrected chi connectivity index (χ4v) is 3.08. The highest BCUT2D eigenvalue weighted by Crippen LogP contribution is 2.17. The minimum atomic E-state index is -3.19. The Hall–Kier alpha value is -0.950. The molecule has 2 atom stereocenters. The standard InChI is InChI=1S/C15H23NO4S/c1-21(18,19)14-6-4-13(5-7-14)15(17)10-16-9-12-3-2-8-20-11-12/h4-7,12,15-17H,2-3,8-11H2,1H3. The highest BCUT2D eigenvalue weighted by atomic mass is 32.2. The molecule has 1 aromatic carbocycles. The lowest BCUT2D eigenvalue weighted by atomic mass is 10.0. The summed E-state index contributed by atoms with van der Waals surface area (Å²) in [6, 6.07) is 6.38. The van der Waals surface area contributed by atoms with Gasteiger partial charge < -0.3 is 15.2 Å². The summed E-state index contributed by atoms with van der Waals surface area (Å²) in [6.07, 6.45) is 2.79. The summed E-state index contributed by atoms with van der Waals surface area (Å²) in [7, 11) is -3.19. The van der Waals surface area contributed by atoms with Crippen LogP contribution >= 0.6 is 0 Å². The maximum atomic E-state index is 11.4. The zero-order valence-electron chi connectivity index (χ0n) is 12.3. The number of sulfone groups is 1. The molecule has 1 heterocycles. The summed E-state index contributed by atoms with van der Waals surface area (Å²) in [6.45, 7) is 2.92. The van der Waals surface area contributed by atoms with Crippen LogP contribution in [0.1, 0.15) is 24.5 Å². The van der Waals surface area contributed by atoms with Crippen molar-refractivity contribution in [3.05, 3.63) is 29.8 Å². The van der Waals surface area contributed by atoms with Crippen LogP contribution in [0, 0.1) is 5.92 Å². The molecule has 6 heteroatoms. The number of rotatable bonds is 6. The van der Waals surface area contributed by atoms with E-state index in [1.165, 1.54) is 18.4 Å². The zero-order valence-corrected chi connectivity index (χ0v) is 13.1. The molecule has 1 aliphatic rings. The minimum Gasteiger partial charge on any atom is -0.387 e. The topological polar surface area (TPSA) is 75.6 Å². The molecular weight excluding hydrogens is 290 g/mol. The highest BCUT2D eigenvalue weighted by Gasteiger charge is 2.15. The molecule has 0 radical (unpaired) electrons. The Morgan fingerprint density at radius 1 is 1.38 bits per heavy atom. The first kappa shape index (κ1) is 16.4. The van der Waals surface area contributed by atoms with Crippen molar-refractivity contribution in [1.82, 2.24) is 5.32 Å². The quantitative estimate of drug-likeness (QED) is 0.824. The number of aliphatic hydroxyl groups is 1. The summed E-state index contributed by atoms with van der Waals surface area (Å²) >= 11 is 0. The van der Waals surface area contributed by atoms with Crippen molar-refractivity contribution in [3.8, 4) is 0 Å². The molecule has 1 fully saturated rings. The molecule has 0 aliphatic carbocycles. The van der Waals surface area contributed by atoms with Gasteiger partial charge in [-0.2, -0.15) is 0 Å². The Morgan fingerprint density at radius 3 is 2.67 bits per heavy atom. The third kappa shape index (κ3) is 5.07. The normalized spacial score (nSPS) is 21.1. The van der Waals surface area contributed by atoms with E-state index in [4.69, 9.17) is 4.74 Å². The Kier molecular flexibility index (Phi) is 5.75. The van der Waals surface area contributed by atoms with Crippen molar-refractivity contribution in [2.45, 2.75) is 23.8 Å². The van der Waals surface area contributed by atoms with Gasteiger partial charge in [-0.1, -0.05) is 12.1 Å². The largest absolute Gasteiger partial charge is 0.387 e. The Morgan fingerprint density at radius 2 is 2.10 bits per heavy atom. The molecule has 21 heavy (non-hydrogen) atoms. The summed E-state index contributed by atoms with van der Waals surface area (Å²) < 4.78 is 28.2. The van der Waals surface area contributed by atoms with Gasteiger partial charge in [-0.25, -0.2) is 8.42 Å². The Labute approximate surface area is 126 Å². The molecule has 118 valence electrons. The second-order valence-electron chi connectivity index (χ2n) is 5.60. The molecule has 5 nitrogen and oxygen atoms in total. The third-order valence-corrected chi connectivity index (χ3v) is 4.85. The van der Waals surface area contributed by atoms with Gasteiger partial charge >= 0.3 is 0 Å². The number of hydrogen-bond donors (Lipinski definition) is 2. The second-order valence-corrected chi connectivity index (χ2v) is 7.61. The van der Waals surface area contributed by atoms with Crippen LogP contribution in [0.5, 0.6) is 0 Å². The first-order chi connectivity index (χ1) is 9.97. The van der Waals surface area contributed by atoms with Crippen LogP contribution in [0.4, 0.5) is 0 Å². The van der Waals surface area contributed by atoms with E-state index >= 15 is 0 Å². The van der Waals surface area contributed by atoms with Crippen molar-refractivity contribution < 1.29 is 18.3 Å². The summed E-state index contributed by atoms with van der Waals surface area (Å²) in [5.74, 6) is 0.513. The molecule has 1 aromatic rings. The van der Waals surface area contributed by atoms with Crippen LogP contribution in [0.3, 0.4) is 0 Å². The molecule has 2 unspecified atom stereocenters. The number of ether oxygens (including phenoxy) is 1. The van der Waals surface area contributed by atoms with Crippen LogP contribution in [0.15, 0.2) is 29.2 Å². The van der Waals surface area contributed by atoms with Gasteiger partial charge in [-0.05, 0) is 36.5 Å². The first-order valence-corrected chi connectivity index (χ1v) is 9.12. The predicted octanol–water partition coefficient (Wildman–Crippen LogP) is 1.14. The molecule has 0 saturated carbocycles. The van der Waals surface area contributed by atoms with E-state index in [0.29, 0.717) is 12.5 Å². The van der Waals surface area contributed by atoms with Crippen molar-refractivity contribution >= 4 is 9.84 Å². The van der Waals surface area contributed by atoms with Gasteiger partial charge in [-0.15, -0.1) is 0 Å². The van der Waals surface area contributed by atoms with E-state index in [0.717, 1.165) is 38.2 Å². The van der Waals surface area contributed by atoms with Gasteiger partial charge in [0.2, 0.25) is 0 Å². The molecule has 0 spiro atoms. The Bertz CT molecular complexity index is 535. The number of aliphatic hydroxyl groups excluding tert-OH is 1. The van der Waals surface area contributed by atoms with Gasteiger partial charge in [0.1, 0.15) is 0 Å². The van der Waals surface area contributed by atoms with E-state index < -0.39 is 15.9 Å². The third-order valence-electron chi connectivity index (χ3n) is 3.72. The van der Waals surface area contributed by atoms with E-state index in [1.54, 1.807) is 12.1 Å². The average Bonchev–Trinajstić information content (AvgIpc) is 2.47. The molecule has 1 saturated heterocycles. The zero-order chi connectivity index (χ0) is 15.3. The maximum Gasteiger partial charge on any atom is 0.175 e. The number of benzene rings is 1. The Balaban J connectivity index is 1.81. The fraction of sp³-hybridized carbons (Fsp3) is 0.600. The number of hydrogen-bond acceptors (Lipinski definition) is 5. The molecule has 2 rings (SSSR count). The van der Waals surface area contributed by atoms with Crippen molar-refractivity contribution in [3.63, 3.8) is 0 Å². The molecule has 0 bridgehead atoms. The molecule has 2 N–H and O–H groups in total. The maximum absolute atomic E-state index is 11.4. The smallest absolute Gasteiger partial charge is 0.175 e. The molecule has 0 aromatic heterocycles. The second kappa shape index (κ2) is 7.35. The number of nitrogens with one attached hydrogen (secondary N) is 1. The van der Waals surface area contributed by atoms with Crippen molar-refractivity contribution in [2.75, 3.05) is 32.6 Å². The van der Waals surface area contributed by atoms with Crippen LogP contribution < -0.4 is 5.32 Å². The van der Waals surface area contributed by atoms with Gasteiger partial charge in [0.25, 0.3) is 0 Å². The minimum absolute atomic E-state index is 0.269. The predicted molar refractivity (Wildman–Crippen MR) is 80.9 cm³/mol. The molecular formula is C15H23NO4S. The monoisotopic (exact) mass is 313 g/mol. The highest BCUT2D eigenvalue weighted by molar-refractivity contribution is 7.90. The van der Waals surface area contributed by atoms with Gasteiger partial charge in [0.05, 0.1) is 17.6 Å². The lowest BCUT2D eigenvalue weighted by molar-refractivity contribution is 0.0532. The lowest BCUT2D eigenvalue weighted by Crippen LogP contribution is -2.31. The molecule has 0 amide bonds. The van der Waals surface area contributed by atoms with Crippen molar-refractivity contribution in [2.24, 2.45) is 5.92 Å². The first-order valence-electron chi connectivity index (χ1n) is 7.23. The van der Waals surface area contributed by atoms with E-state index in [9.17, 15) is 13.5 Å². The van der Waals surface area contributed by atoms with E-state index in [1.807, 2.05) is 0 Å². The summed E-state index contributed by atoms with van der Waals surface area (Å²) in [5, 5.41) is 13.4. The summed E-state index contributed by atoms with van der Waals surface area (Å²) in [4.78, 5) is 0.269. The summed E-state index contributed by atoms with van der Waals surface area (Å²) in [5.41, 5.74) is 0.717. The fourth-order valence-electron chi connectivity index (χ4n) is 2.45. The van der Waals surface area contributed by atoms with Crippen molar-refractivity contribution in [1.29, 1.82) is 0 Å². The molecule has 1 aliphatic heterocycles. The van der Waals surface area contributed by atoms with E-state index in [2.05, 4.69) is 5.32 Å². The van der Waals surface area contributed by atoms with Gasteiger partial charge in [-0.3, -0.25) is 0 Å². The SMILES string of the molecule is CS(=O)(=O)c1ccc(C(O)CNCC2CCCOC2)cc1. The van der Waals surface area contributed by atoms with Crippen LogP contribution in [-0.2, 0) is 14.6 Å². The van der Waals surface area contributed by atoms with Crippen LogP contribution in [0.2, 0.25) is 0 Å². The average molecular weight is 313 g/mol. The van der Waals surface area contributed by atoms with Gasteiger partial charge in [0.15, 0.2) is 9.84 Å². The van der Waals surface area contributed by atoms with Crippen LogP contribution in [-0.4, -0.2) is 46.1 Å².